The summed E-state index contributed by atoms with van der Waals surface area (Å²) >= 11 is 0. The van der Waals surface area contributed by atoms with E-state index in [1.54, 1.807) is 23.1 Å². The van der Waals surface area contributed by atoms with Gasteiger partial charge in [-0.2, -0.15) is 0 Å². The fraction of sp³-hybridized carbons (Fsp3) is 0.222. The Hall–Kier alpha value is -4.73. The molecule has 0 saturated heterocycles. The summed E-state index contributed by atoms with van der Waals surface area (Å²) < 4.78 is 26.1. The Morgan fingerprint density at radius 1 is 0.867 bits per heavy atom. The van der Waals surface area contributed by atoms with Crippen LogP contribution in [0.15, 0.2) is 102 Å². The first kappa shape index (κ1) is 30.3. The quantitative estimate of drug-likeness (QED) is 0.165. The lowest BCUT2D eigenvalue weighted by Crippen LogP contribution is -2.53. The number of aromatic amines is 1. The number of hydrazine groups is 1. The summed E-state index contributed by atoms with van der Waals surface area (Å²) in [6, 6.07) is 28.3. The van der Waals surface area contributed by atoms with E-state index in [0.717, 1.165) is 44.4 Å². The monoisotopic (exact) mass is 620 g/mol. The summed E-state index contributed by atoms with van der Waals surface area (Å²) in [6.07, 6.45) is 0.316. The van der Waals surface area contributed by atoms with E-state index in [1.807, 2.05) is 82.3 Å². The van der Waals surface area contributed by atoms with Crippen molar-refractivity contribution in [2.75, 3.05) is 0 Å². The van der Waals surface area contributed by atoms with Gasteiger partial charge in [0.25, 0.3) is 21.8 Å². The van der Waals surface area contributed by atoms with E-state index in [1.165, 1.54) is 12.1 Å². The van der Waals surface area contributed by atoms with Crippen LogP contribution >= 0.6 is 0 Å². The summed E-state index contributed by atoms with van der Waals surface area (Å²) in [7, 11) is -4.05. The first-order valence-electron chi connectivity index (χ1n) is 15.0. The lowest BCUT2D eigenvalue weighted by Gasteiger charge is -2.34. The molecule has 0 bridgehead atoms. The van der Waals surface area contributed by atoms with Crippen LogP contribution in [0.1, 0.15) is 58.9 Å². The predicted molar refractivity (Wildman–Crippen MR) is 176 cm³/mol. The molecule has 45 heavy (non-hydrogen) atoms. The largest absolute Gasteiger partial charge is 0.354 e. The standard InChI is InChI=1S/C36H36N4O4S/c1-22(2)21-31(35(41)38-39-45(43,44)26-19-15-24(4)16-20-26)40-34(27-9-5-6-10-28(27)36(40)42)32-29-11-7-8-12-30(29)37-33(32)25-17-13-23(3)14-18-25/h5-20,22,31,34,37,39H,21H2,1-4H3,(H,38,41). The molecule has 9 heteroatoms. The van der Waals surface area contributed by atoms with Crippen molar-refractivity contribution in [1.29, 1.82) is 0 Å². The van der Waals surface area contributed by atoms with Crippen LogP contribution in [0.3, 0.4) is 0 Å². The molecule has 1 aromatic heterocycles. The number of H-pyrrole nitrogens is 1. The van der Waals surface area contributed by atoms with E-state index >= 15 is 0 Å². The molecule has 2 heterocycles. The lowest BCUT2D eigenvalue weighted by molar-refractivity contribution is -0.127. The van der Waals surface area contributed by atoms with Crippen LogP contribution in [0.25, 0.3) is 22.2 Å². The highest BCUT2D eigenvalue weighted by Crippen LogP contribution is 2.47. The minimum Gasteiger partial charge on any atom is -0.354 e. The van der Waals surface area contributed by atoms with Crippen molar-refractivity contribution in [2.24, 2.45) is 5.92 Å². The molecule has 1 aliphatic rings. The van der Waals surface area contributed by atoms with Crippen molar-refractivity contribution >= 4 is 32.7 Å². The average Bonchev–Trinajstić information content (AvgIpc) is 3.54. The van der Waals surface area contributed by atoms with Crippen molar-refractivity contribution in [3.63, 3.8) is 0 Å². The molecule has 2 unspecified atom stereocenters. The molecule has 8 nitrogen and oxygen atoms in total. The number of nitrogens with one attached hydrogen (secondary N) is 3. The van der Waals surface area contributed by atoms with Gasteiger partial charge in [-0.15, -0.1) is 4.83 Å². The summed E-state index contributed by atoms with van der Waals surface area (Å²) in [5, 5.41) is 0.941. The average molecular weight is 621 g/mol. The number of rotatable bonds is 9. The second kappa shape index (κ2) is 12.0. The van der Waals surface area contributed by atoms with E-state index in [2.05, 4.69) is 27.4 Å². The van der Waals surface area contributed by atoms with E-state index in [0.29, 0.717) is 12.0 Å². The van der Waals surface area contributed by atoms with Gasteiger partial charge in [-0.25, -0.2) is 8.42 Å². The van der Waals surface area contributed by atoms with E-state index < -0.39 is 28.0 Å². The highest BCUT2D eigenvalue weighted by Gasteiger charge is 2.46. The normalized spacial score (nSPS) is 15.4. The fourth-order valence-corrected chi connectivity index (χ4v) is 6.97. The van der Waals surface area contributed by atoms with Crippen LogP contribution in [-0.4, -0.2) is 36.2 Å². The SMILES string of the molecule is Cc1ccc(-c2[nH]c3ccccc3c2C2c3ccccc3C(=O)N2C(CC(C)C)C(=O)NNS(=O)(=O)c2ccc(C)cc2)cc1. The molecule has 0 spiro atoms. The van der Waals surface area contributed by atoms with E-state index in [-0.39, 0.29) is 16.7 Å². The number of benzene rings is 4. The van der Waals surface area contributed by atoms with Crippen molar-refractivity contribution < 1.29 is 18.0 Å². The number of hydrogen-bond donors (Lipinski definition) is 3. The molecule has 2 amide bonds. The van der Waals surface area contributed by atoms with Crippen molar-refractivity contribution in [2.45, 2.75) is 51.1 Å². The Bertz CT molecular complexity index is 2000. The summed E-state index contributed by atoms with van der Waals surface area (Å²) in [5.41, 5.74) is 9.41. The van der Waals surface area contributed by atoms with Gasteiger partial charge in [0, 0.05) is 22.0 Å². The third-order valence-corrected chi connectivity index (χ3v) is 9.59. The van der Waals surface area contributed by atoms with Gasteiger partial charge >= 0.3 is 0 Å². The first-order chi connectivity index (χ1) is 21.5. The minimum atomic E-state index is -4.05. The molecule has 0 radical (unpaired) electrons. The second-order valence-electron chi connectivity index (χ2n) is 12.1. The number of hydrogen-bond acceptors (Lipinski definition) is 4. The molecule has 4 aromatic carbocycles. The van der Waals surface area contributed by atoms with E-state index in [4.69, 9.17) is 0 Å². The number of aryl methyl sites for hydroxylation is 2. The second-order valence-corrected chi connectivity index (χ2v) is 13.8. The fourth-order valence-electron chi connectivity index (χ4n) is 6.12. The van der Waals surface area contributed by atoms with Gasteiger partial charge < -0.3 is 9.88 Å². The number of carbonyl (C=O) groups excluding carboxylic acids is 2. The Labute approximate surface area is 263 Å². The minimum absolute atomic E-state index is 0.0196. The molecule has 3 N–H and O–H groups in total. The van der Waals surface area contributed by atoms with E-state index in [9.17, 15) is 18.0 Å². The number of carbonyl (C=O) groups is 2. The van der Waals surface area contributed by atoms with Crippen LogP contribution < -0.4 is 10.3 Å². The molecule has 0 fully saturated rings. The molecular formula is C36H36N4O4S. The summed E-state index contributed by atoms with van der Waals surface area (Å²) in [5.74, 6) is -0.869. The molecule has 230 valence electrons. The van der Waals surface area contributed by atoms with Gasteiger partial charge in [0.2, 0.25) is 0 Å². The summed E-state index contributed by atoms with van der Waals surface area (Å²) in [6.45, 7) is 7.85. The third-order valence-electron chi connectivity index (χ3n) is 8.33. The van der Waals surface area contributed by atoms with Gasteiger partial charge in [-0.3, -0.25) is 15.0 Å². The van der Waals surface area contributed by atoms with Gasteiger partial charge in [0.15, 0.2) is 0 Å². The number of sulfonamides is 1. The van der Waals surface area contributed by atoms with Crippen LogP contribution in [0.4, 0.5) is 0 Å². The Kier molecular flexibility index (Phi) is 8.07. The van der Waals surface area contributed by atoms with Crippen LogP contribution in [0, 0.1) is 19.8 Å². The number of amides is 2. The molecule has 5 aromatic rings. The first-order valence-corrected chi connectivity index (χ1v) is 16.5. The Balaban J connectivity index is 1.46. The molecule has 6 rings (SSSR count). The maximum atomic E-state index is 14.3. The Morgan fingerprint density at radius 3 is 2.18 bits per heavy atom. The zero-order valence-electron chi connectivity index (χ0n) is 25.7. The Morgan fingerprint density at radius 2 is 1.49 bits per heavy atom. The molecule has 0 aliphatic carbocycles. The highest BCUT2D eigenvalue weighted by atomic mass is 32.2. The molecule has 0 saturated carbocycles. The zero-order chi connectivity index (χ0) is 31.9. The predicted octanol–water partition coefficient (Wildman–Crippen LogP) is 6.42. The highest BCUT2D eigenvalue weighted by molar-refractivity contribution is 7.89. The van der Waals surface area contributed by atoms with Crippen molar-refractivity contribution in [1.82, 2.24) is 20.1 Å². The van der Waals surface area contributed by atoms with Gasteiger partial charge in [0.05, 0.1) is 16.6 Å². The third kappa shape index (κ3) is 5.77. The topological polar surface area (TPSA) is 111 Å². The van der Waals surface area contributed by atoms with Gasteiger partial charge in [0.1, 0.15) is 6.04 Å². The lowest BCUT2D eigenvalue weighted by atomic mass is 9.91. The van der Waals surface area contributed by atoms with Gasteiger partial charge in [-0.1, -0.05) is 97.8 Å². The van der Waals surface area contributed by atoms with Crippen LogP contribution in [0.5, 0.6) is 0 Å². The molecule has 1 aliphatic heterocycles. The molecular weight excluding hydrogens is 584 g/mol. The smallest absolute Gasteiger partial charge is 0.257 e. The number of fused-ring (bicyclic) bond motifs is 2. The van der Waals surface area contributed by atoms with Gasteiger partial charge in [-0.05, 0) is 61.6 Å². The van der Waals surface area contributed by atoms with Crippen LogP contribution in [0.2, 0.25) is 0 Å². The number of aromatic nitrogens is 1. The number of para-hydroxylation sites is 1. The maximum Gasteiger partial charge on any atom is 0.257 e. The maximum absolute atomic E-state index is 14.3. The zero-order valence-corrected chi connectivity index (χ0v) is 26.5. The molecule has 2 atom stereocenters. The van der Waals surface area contributed by atoms with Crippen molar-refractivity contribution in [3.8, 4) is 11.3 Å². The number of nitrogens with zero attached hydrogens (tertiary/aromatic N) is 1. The summed E-state index contributed by atoms with van der Waals surface area (Å²) in [4.78, 5) is 35.8. The van der Waals surface area contributed by atoms with Crippen LogP contribution in [-0.2, 0) is 14.8 Å². The van der Waals surface area contributed by atoms with Crippen molar-refractivity contribution in [3.05, 3.63) is 125 Å².